The largest absolute Gasteiger partial charge is 0.497 e. The minimum Gasteiger partial charge on any atom is -0.497 e. The van der Waals surface area contributed by atoms with E-state index in [0.29, 0.717) is 24.5 Å². The second-order valence-electron chi connectivity index (χ2n) is 20.3. The number of carbonyl (C=O) groups is 1. The van der Waals surface area contributed by atoms with Crippen LogP contribution in [0.1, 0.15) is 139 Å². The van der Waals surface area contributed by atoms with Crippen LogP contribution in [0, 0.1) is 5.92 Å². The number of unbranched alkanes of at least 4 members (excludes halogenated alkanes) is 14. The van der Waals surface area contributed by atoms with Crippen molar-refractivity contribution in [2.75, 3.05) is 47.6 Å². The lowest BCUT2D eigenvalue weighted by Gasteiger charge is -2.37. The average Bonchev–Trinajstić information content (AvgIpc) is 3.99. The van der Waals surface area contributed by atoms with Gasteiger partial charge in [-0.1, -0.05) is 151 Å². The van der Waals surface area contributed by atoms with E-state index in [9.17, 15) is 24.0 Å². The molecule has 0 spiro atoms. The Kier molecular flexibility index (Phi) is 22.3. The number of halogens is 1. The summed E-state index contributed by atoms with van der Waals surface area (Å²) in [7, 11) is 4.70. The summed E-state index contributed by atoms with van der Waals surface area (Å²) in [6, 6.07) is 26.9. The molecule has 3 aromatic carbocycles. The predicted molar refractivity (Wildman–Crippen MR) is 292 cm³/mol. The van der Waals surface area contributed by atoms with Crippen LogP contribution in [0.5, 0.6) is 11.5 Å². The molecule has 418 valence electrons. The molecule has 7 atom stereocenters. The van der Waals surface area contributed by atoms with E-state index in [1.807, 2.05) is 78.9 Å². The number of alkyl halides is 1. The zero-order chi connectivity index (χ0) is 54.6. The van der Waals surface area contributed by atoms with E-state index in [0.717, 1.165) is 53.0 Å². The molecule has 2 aliphatic heterocycles. The van der Waals surface area contributed by atoms with E-state index >= 15 is 4.39 Å². The van der Waals surface area contributed by atoms with Crippen molar-refractivity contribution in [1.82, 2.24) is 29.3 Å². The van der Waals surface area contributed by atoms with Gasteiger partial charge in [-0.25, -0.2) is 18.8 Å². The molecular weight excluding hydrogens is 988 g/mol. The highest BCUT2D eigenvalue weighted by Crippen LogP contribution is 2.44. The Morgan fingerprint density at radius 1 is 0.662 bits per heavy atom. The van der Waals surface area contributed by atoms with Crippen molar-refractivity contribution in [1.29, 1.82) is 0 Å². The second-order valence-corrected chi connectivity index (χ2v) is 20.3. The summed E-state index contributed by atoms with van der Waals surface area (Å²) in [6.07, 6.45) is 14.0. The van der Waals surface area contributed by atoms with Gasteiger partial charge in [0.15, 0.2) is 12.5 Å². The number of aromatic amines is 2. The zero-order valence-electron chi connectivity index (χ0n) is 45.2. The van der Waals surface area contributed by atoms with Crippen molar-refractivity contribution in [3.8, 4) is 11.5 Å². The number of hydrogen-bond acceptors (Lipinski definition) is 11. The molecule has 17 nitrogen and oxygen atoms in total. The highest BCUT2D eigenvalue weighted by atomic mass is 19.1. The van der Waals surface area contributed by atoms with E-state index in [1.165, 1.54) is 94.3 Å². The standard InChI is InChI=1S/C59H79FN6O11/c1-5-6-7-8-9-10-11-12-13-14-15-16-17-18-22-35-64(40-47-38-49(60)54(76-47)65-36-33-51(67)62-57(65)70)56(69)61-39-48-50(77-55(53(48)74-4)66-37-34-52(68)63-58(66)71)41-75-59(42-23-20-19-21-24-42,43-25-29-45(72-2)30-26-43)44-27-31-46(73-3)32-28-44/h19-21,23-34,36-37,47-50,53-55H,5-18,22,35,38-41H2,1-4H3,(H,61,69)(H,62,67,70)(H,63,68,71)/t47-,48-,49-,50-,53-,54-,55-/m1/s1. The first kappa shape index (κ1) is 58.3. The predicted octanol–water partition coefficient (Wildman–Crippen LogP) is 9.15. The Morgan fingerprint density at radius 3 is 1.65 bits per heavy atom. The number of nitrogens with one attached hydrogen (secondary N) is 3. The van der Waals surface area contributed by atoms with Crippen LogP contribution in [0.4, 0.5) is 9.18 Å². The number of hydrogen-bond donors (Lipinski definition) is 3. The van der Waals surface area contributed by atoms with Crippen molar-refractivity contribution in [2.45, 2.75) is 152 Å². The molecule has 0 radical (unpaired) electrons. The molecule has 18 heteroatoms. The summed E-state index contributed by atoms with van der Waals surface area (Å²) in [5.41, 5.74) is -1.57. The van der Waals surface area contributed by atoms with Crippen molar-refractivity contribution in [3.05, 3.63) is 162 Å². The molecule has 5 aromatic rings. The maximum Gasteiger partial charge on any atom is 0.330 e. The lowest BCUT2D eigenvalue weighted by atomic mass is 9.80. The lowest BCUT2D eigenvalue weighted by molar-refractivity contribution is -0.0928. The molecular formula is C59H79FN6O11. The first-order valence-corrected chi connectivity index (χ1v) is 27.6. The first-order chi connectivity index (χ1) is 37.5. The van der Waals surface area contributed by atoms with Crippen LogP contribution in [-0.4, -0.2) is 102 Å². The molecule has 0 aliphatic carbocycles. The maximum absolute atomic E-state index is 15.7. The number of nitrogens with zero attached hydrogens (tertiary/aromatic N) is 3. The van der Waals surface area contributed by atoms with E-state index in [1.54, 1.807) is 19.1 Å². The van der Waals surface area contributed by atoms with Crippen LogP contribution in [0.3, 0.4) is 0 Å². The van der Waals surface area contributed by atoms with Gasteiger partial charge in [0.25, 0.3) is 11.1 Å². The molecule has 4 heterocycles. The minimum absolute atomic E-state index is 0.00854. The molecule has 0 saturated carbocycles. The monoisotopic (exact) mass is 1070 g/mol. The van der Waals surface area contributed by atoms with E-state index in [-0.39, 0.29) is 26.1 Å². The lowest BCUT2D eigenvalue weighted by Crippen LogP contribution is -2.48. The summed E-state index contributed by atoms with van der Waals surface area (Å²) < 4.78 is 55.5. The highest BCUT2D eigenvalue weighted by molar-refractivity contribution is 5.74. The van der Waals surface area contributed by atoms with Gasteiger partial charge < -0.3 is 38.6 Å². The van der Waals surface area contributed by atoms with Gasteiger partial charge in [0.1, 0.15) is 29.4 Å². The van der Waals surface area contributed by atoms with Crippen molar-refractivity contribution in [2.24, 2.45) is 5.92 Å². The first-order valence-electron chi connectivity index (χ1n) is 27.6. The average molecular weight is 1070 g/mol. The molecule has 2 fully saturated rings. The molecule has 0 bridgehead atoms. The van der Waals surface area contributed by atoms with Gasteiger partial charge in [0, 0.05) is 63.6 Å². The van der Waals surface area contributed by atoms with Crippen LogP contribution in [0.15, 0.2) is 123 Å². The summed E-state index contributed by atoms with van der Waals surface area (Å²) >= 11 is 0. The molecule has 77 heavy (non-hydrogen) atoms. The van der Waals surface area contributed by atoms with Gasteiger partial charge >= 0.3 is 17.4 Å². The molecule has 0 unspecified atom stereocenters. The molecule has 2 saturated heterocycles. The van der Waals surface area contributed by atoms with Gasteiger partial charge in [-0.3, -0.25) is 28.7 Å². The Hall–Kier alpha value is -6.34. The number of aromatic nitrogens is 4. The number of urea groups is 1. The van der Waals surface area contributed by atoms with Gasteiger partial charge in [0.2, 0.25) is 0 Å². The Labute approximate surface area is 450 Å². The summed E-state index contributed by atoms with van der Waals surface area (Å²) in [5, 5.41) is 3.13. The third-order valence-corrected chi connectivity index (χ3v) is 15.0. The van der Waals surface area contributed by atoms with Crippen LogP contribution < -0.4 is 37.3 Å². The number of methoxy groups -OCH3 is 3. The van der Waals surface area contributed by atoms with E-state index in [2.05, 4.69) is 22.2 Å². The molecule has 7 rings (SSSR count). The quantitative estimate of drug-likeness (QED) is 0.0283. The number of rotatable bonds is 31. The normalized spacial score (nSPS) is 20.3. The third kappa shape index (κ3) is 15.5. The third-order valence-electron chi connectivity index (χ3n) is 15.0. The maximum atomic E-state index is 15.7. The smallest absolute Gasteiger partial charge is 0.330 e. The van der Waals surface area contributed by atoms with Crippen molar-refractivity contribution < 1.29 is 37.6 Å². The Bertz CT molecular complexity index is 2760. The van der Waals surface area contributed by atoms with Gasteiger partial charge in [-0.2, -0.15) is 0 Å². The fourth-order valence-electron chi connectivity index (χ4n) is 10.8. The van der Waals surface area contributed by atoms with Crippen LogP contribution in [0.25, 0.3) is 0 Å². The van der Waals surface area contributed by atoms with E-state index < -0.39 is 77.0 Å². The van der Waals surface area contributed by atoms with Crippen LogP contribution in [-0.2, 0) is 24.5 Å². The van der Waals surface area contributed by atoms with Crippen molar-refractivity contribution in [3.63, 3.8) is 0 Å². The Balaban J connectivity index is 1.10. The summed E-state index contributed by atoms with van der Waals surface area (Å²) in [5.74, 6) is 0.661. The number of H-pyrrole nitrogens is 2. The van der Waals surface area contributed by atoms with Crippen LogP contribution in [0.2, 0.25) is 0 Å². The fraction of sp³-hybridized carbons (Fsp3) is 0.542. The van der Waals surface area contributed by atoms with Crippen molar-refractivity contribution >= 4 is 6.03 Å². The highest BCUT2D eigenvalue weighted by Gasteiger charge is 2.49. The summed E-state index contributed by atoms with van der Waals surface area (Å²) in [4.78, 5) is 71.0. The molecule has 2 amide bonds. The Morgan fingerprint density at radius 2 is 1.16 bits per heavy atom. The SMILES string of the molecule is CCCCCCCCCCCCCCCCCN(C[C@H]1C[C@@H](F)[C@H](n2ccc(=O)[nH]c2=O)O1)C(=O)NC[C@H]1[C@@H](OC)[C@H](n2ccc(=O)[nH]c2=O)O[C@@H]1COC(c1ccccc1)(c1ccc(OC)cc1)c1ccc(OC)cc1. The van der Waals surface area contributed by atoms with Gasteiger partial charge in [0.05, 0.1) is 33.0 Å². The van der Waals surface area contributed by atoms with Gasteiger partial charge in [-0.15, -0.1) is 0 Å². The number of amides is 2. The van der Waals surface area contributed by atoms with Gasteiger partial charge in [-0.05, 0) is 47.4 Å². The zero-order valence-corrected chi connectivity index (χ0v) is 45.2. The number of ether oxygens (including phenoxy) is 6. The fourth-order valence-corrected chi connectivity index (χ4v) is 10.8. The molecule has 3 N–H and O–H groups in total. The summed E-state index contributed by atoms with van der Waals surface area (Å²) in [6.45, 7) is 2.54. The second kappa shape index (κ2) is 29.4. The minimum atomic E-state index is -1.58. The van der Waals surface area contributed by atoms with E-state index in [4.69, 9.17) is 28.4 Å². The number of benzene rings is 3. The van der Waals surface area contributed by atoms with Crippen LogP contribution >= 0.6 is 0 Å². The number of carbonyl (C=O) groups excluding carboxylic acids is 1. The molecule has 2 aliphatic rings. The topological polar surface area (TPSA) is 197 Å². The molecule has 2 aromatic heterocycles.